The van der Waals surface area contributed by atoms with E-state index in [0.29, 0.717) is 13.0 Å². The van der Waals surface area contributed by atoms with Crippen LogP contribution in [0.4, 0.5) is 5.69 Å². The van der Waals surface area contributed by atoms with Crippen molar-refractivity contribution in [2.75, 3.05) is 6.54 Å². The number of halogens is 1. The molecule has 1 amide bonds. The van der Waals surface area contributed by atoms with E-state index in [2.05, 4.69) is 0 Å². The summed E-state index contributed by atoms with van der Waals surface area (Å²) in [4.78, 5) is 24.0. The largest absolute Gasteiger partial charge is 0.338 e. The Labute approximate surface area is 116 Å². The van der Waals surface area contributed by atoms with E-state index >= 15 is 0 Å². The summed E-state index contributed by atoms with van der Waals surface area (Å²) < 4.78 is 0. The van der Waals surface area contributed by atoms with Crippen LogP contribution in [0.15, 0.2) is 18.2 Å². The summed E-state index contributed by atoms with van der Waals surface area (Å²) in [5, 5.41) is 10.9. The molecular formula is C13H15ClN2O3. The Morgan fingerprint density at radius 3 is 2.84 bits per heavy atom. The maximum Gasteiger partial charge on any atom is 0.288 e. The molecule has 1 fully saturated rings. The van der Waals surface area contributed by atoms with Gasteiger partial charge in [0.1, 0.15) is 5.02 Å². The predicted octanol–water partition coefficient (Wildman–Crippen LogP) is 3.15. The van der Waals surface area contributed by atoms with Gasteiger partial charge in [-0.25, -0.2) is 0 Å². The normalized spacial score (nSPS) is 16.3. The van der Waals surface area contributed by atoms with Gasteiger partial charge >= 0.3 is 0 Å². The van der Waals surface area contributed by atoms with Gasteiger partial charge in [0.15, 0.2) is 0 Å². The average molecular weight is 283 g/mol. The van der Waals surface area contributed by atoms with Crippen molar-refractivity contribution in [2.45, 2.75) is 32.2 Å². The third-order valence-electron chi connectivity index (χ3n) is 3.25. The minimum Gasteiger partial charge on any atom is -0.338 e. The third kappa shape index (κ3) is 3.44. The molecule has 1 heterocycles. The molecule has 0 atom stereocenters. The van der Waals surface area contributed by atoms with Crippen LogP contribution in [0.5, 0.6) is 0 Å². The molecule has 1 saturated heterocycles. The van der Waals surface area contributed by atoms with Crippen LogP contribution in [0.2, 0.25) is 5.02 Å². The van der Waals surface area contributed by atoms with Crippen molar-refractivity contribution in [2.24, 2.45) is 0 Å². The highest BCUT2D eigenvalue weighted by atomic mass is 35.5. The van der Waals surface area contributed by atoms with Crippen LogP contribution < -0.4 is 0 Å². The third-order valence-corrected chi connectivity index (χ3v) is 3.57. The lowest BCUT2D eigenvalue weighted by molar-refractivity contribution is -0.384. The average Bonchev–Trinajstić information content (AvgIpc) is 2.57. The Kier molecular flexibility index (Phi) is 4.37. The smallest absolute Gasteiger partial charge is 0.288 e. The van der Waals surface area contributed by atoms with Gasteiger partial charge in [-0.3, -0.25) is 14.9 Å². The van der Waals surface area contributed by atoms with Crippen LogP contribution in [-0.2, 0) is 11.3 Å². The van der Waals surface area contributed by atoms with E-state index in [9.17, 15) is 14.9 Å². The lowest BCUT2D eigenvalue weighted by atomic mass is 10.2. The number of carbonyl (C=O) groups excluding carboxylic acids is 1. The Bertz CT molecular complexity index is 505. The summed E-state index contributed by atoms with van der Waals surface area (Å²) in [6.45, 7) is 1.13. The number of benzene rings is 1. The van der Waals surface area contributed by atoms with Crippen molar-refractivity contribution < 1.29 is 9.72 Å². The maximum absolute atomic E-state index is 11.9. The van der Waals surface area contributed by atoms with Gasteiger partial charge in [-0.1, -0.05) is 24.1 Å². The van der Waals surface area contributed by atoms with Gasteiger partial charge in [0.05, 0.1) is 4.92 Å². The van der Waals surface area contributed by atoms with Gasteiger partial charge in [-0.05, 0) is 24.5 Å². The molecule has 102 valence electrons. The van der Waals surface area contributed by atoms with Crippen LogP contribution in [0.25, 0.3) is 0 Å². The molecule has 1 aliphatic rings. The van der Waals surface area contributed by atoms with Crippen molar-refractivity contribution in [3.05, 3.63) is 38.9 Å². The highest BCUT2D eigenvalue weighted by molar-refractivity contribution is 6.32. The first kappa shape index (κ1) is 13.8. The molecule has 0 N–H and O–H groups in total. The number of nitrogens with zero attached hydrogens (tertiary/aromatic N) is 2. The molecule has 19 heavy (non-hydrogen) atoms. The Morgan fingerprint density at radius 2 is 2.11 bits per heavy atom. The van der Waals surface area contributed by atoms with Crippen LogP contribution in [-0.4, -0.2) is 22.3 Å². The van der Waals surface area contributed by atoms with E-state index in [1.807, 2.05) is 0 Å². The predicted molar refractivity (Wildman–Crippen MR) is 72.0 cm³/mol. The summed E-state index contributed by atoms with van der Waals surface area (Å²) in [5.41, 5.74) is 0.632. The fourth-order valence-electron chi connectivity index (χ4n) is 2.22. The zero-order valence-corrected chi connectivity index (χ0v) is 11.2. The van der Waals surface area contributed by atoms with Crippen molar-refractivity contribution in [3.8, 4) is 0 Å². The minimum atomic E-state index is -0.504. The van der Waals surface area contributed by atoms with Gasteiger partial charge in [0, 0.05) is 25.6 Å². The number of hydrogen-bond acceptors (Lipinski definition) is 3. The number of likely N-dealkylation sites (tertiary alicyclic amines) is 1. The number of rotatable bonds is 3. The number of carbonyl (C=O) groups is 1. The second kappa shape index (κ2) is 6.02. The summed E-state index contributed by atoms with van der Waals surface area (Å²) in [5.74, 6) is 0.120. The lowest BCUT2D eigenvalue weighted by Gasteiger charge is -2.20. The number of hydrogen-bond donors (Lipinski definition) is 0. The zero-order valence-electron chi connectivity index (χ0n) is 10.5. The highest BCUT2D eigenvalue weighted by Crippen LogP contribution is 2.26. The molecule has 5 nitrogen and oxygen atoms in total. The van der Waals surface area contributed by atoms with Gasteiger partial charge < -0.3 is 4.90 Å². The van der Waals surface area contributed by atoms with Crippen LogP contribution in [0.1, 0.15) is 31.2 Å². The minimum absolute atomic E-state index is 0.110. The molecule has 0 radical (unpaired) electrons. The molecule has 6 heteroatoms. The van der Waals surface area contributed by atoms with E-state index < -0.39 is 4.92 Å². The topological polar surface area (TPSA) is 63.5 Å². The second-order valence-electron chi connectivity index (χ2n) is 4.67. The van der Waals surface area contributed by atoms with Gasteiger partial charge in [0.25, 0.3) is 5.69 Å². The summed E-state index contributed by atoms with van der Waals surface area (Å²) >= 11 is 5.77. The SMILES string of the molecule is O=C1CCCCCN1Cc1ccc(Cl)c([N+](=O)[O-])c1. The van der Waals surface area contributed by atoms with Gasteiger partial charge in [0.2, 0.25) is 5.91 Å². The van der Waals surface area contributed by atoms with E-state index in [-0.39, 0.29) is 16.6 Å². The molecular weight excluding hydrogens is 268 g/mol. The van der Waals surface area contributed by atoms with Gasteiger partial charge in [-0.15, -0.1) is 0 Å². The quantitative estimate of drug-likeness (QED) is 0.632. The molecule has 0 unspecified atom stereocenters. The van der Waals surface area contributed by atoms with Gasteiger partial charge in [-0.2, -0.15) is 0 Å². The highest BCUT2D eigenvalue weighted by Gasteiger charge is 2.19. The monoisotopic (exact) mass is 282 g/mol. The van der Waals surface area contributed by atoms with Crippen LogP contribution in [0.3, 0.4) is 0 Å². The van der Waals surface area contributed by atoms with E-state index in [4.69, 9.17) is 11.6 Å². The van der Waals surface area contributed by atoms with E-state index in [1.165, 1.54) is 12.1 Å². The van der Waals surface area contributed by atoms with Crippen molar-refractivity contribution >= 4 is 23.2 Å². The second-order valence-corrected chi connectivity index (χ2v) is 5.08. The summed E-state index contributed by atoms with van der Waals surface area (Å²) in [7, 11) is 0. The molecule has 0 saturated carbocycles. The first-order chi connectivity index (χ1) is 9.08. The van der Waals surface area contributed by atoms with Crippen molar-refractivity contribution in [1.82, 2.24) is 4.90 Å². The molecule has 1 aromatic carbocycles. The Hall–Kier alpha value is -1.62. The fourth-order valence-corrected chi connectivity index (χ4v) is 2.41. The number of amides is 1. The fraction of sp³-hybridized carbons (Fsp3) is 0.462. The van der Waals surface area contributed by atoms with Crippen LogP contribution in [0, 0.1) is 10.1 Å². The molecule has 2 rings (SSSR count). The van der Waals surface area contributed by atoms with E-state index in [1.54, 1.807) is 11.0 Å². The lowest BCUT2D eigenvalue weighted by Crippen LogP contribution is -2.29. The van der Waals surface area contributed by atoms with Crippen molar-refractivity contribution in [1.29, 1.82) is 0 Å². The number of nitro benzene ring substituents is 1. The van der Waals surface area contributed by atoms with Crippen LogP contribution >= 0.6 is 11.6 Å². The van der Waals surface area contributed by atoms with E-state index in [0.717, 1.165) is 31.4 Å². The van der Waals surface area contributed by atoms with Crippen molar-refractivity contribution in [3.63, 3.8) is 0 Å². The summed E-state index contributed by atoms with van der Waals surface area (Å²) in [6.07, 6.45) is 3.54. The Morgan fingerprint density at radius 1 is 1.32 bits per heavy atom. The zero-order chi connectivity index (χ0) is 13.8. The first-order valence-corrected chi connectivity index (χ1v) is 6.66. The molecule has 0 aliphatic carbocycles. The maximum atomic E-state index is 11.9. The molecule has 0 spiro atoms. The molecule has 0 aromatic heterocycles. The molecule has 1 aromatic rings. The summed E-state index contributed by atoms with van der Waals surface area (Å²) in [6, 6.07) is 4.69. The molecule has 0 bridgehead atoms. The Balaban J connectivity index is 2.16. The first-order valence-electron chi connectivity index (χ1n) is 6.28. The standard InChI is InChI=1S/C13H15ClN2O3/c14-11-6-5-10(8-12(11)16(18)19)9-15-7-3-1-2-4-13(15)17/h5-6,8H,1-4,7,9H2. The number of nitro groups is 1. The molecule has 1 aliphatic heterocycles.